The Morgan fingerprint density at radius 2 is 1.67 bits per heavy atom. The van der Waals surface area contributed by atoms with Gasteiger partial charge in [0.05, 0.1) is 11.3 Å². The molecule has 10 heteroatoms. The highest BCUT2D eigenvalue weighted by molar-refractivity contribution is 5.84. The molecule has 0 unspecified atom stereocenters. The summed E-state index contributed by atoms with van der Waals surface area (Å²) in [5.41, 5.74) is 14.0. The van der Waals surface area contributed by atoms with E-state index in [2.05, 4.69) is 73.1 Å². The first-order chi connectivity index (χ1) is 22.1. The molecular formula is C35H32N10. The van der Waals surface area contributed by atoms with E-state index >= 15 is 0 Å². The molecule has 7 rings (SSSR count). The van der Waals surface area contributed by atoms with Crippen molar-refractivity contribution in [3.8, 4) is 34.4 Å². The van der Waals surface area contributed by atoms with Crippen molar-refractivity contribution >= 4 is 22.8 Å². The number of benzene rings is 2. The fraction of sp³-hybridized carbons (Fsp3) is 0.200. The van der Waals surface area contributed by atoms with Gasteiger partial charge in [-0.25, -0.2) is 24.9 Å². The molecule has 0 bridgehead atoms. The normalized spacial score (nSPS) is 14.0. The lowest BCUT2D eigenvalue weighted by atomic mass is 10.0. The lowest BCUT2D eigenvalue weighted by Gasteiger charge is -2.32. The van der Waals surface area contributed by atoms with Gasteiger partial charge < -0.3 is 11.1 Å². The minimum Gasteiger partial charge on any atom is -0.383 e. The van der Waals surface area contributed by atoms with E-state index in [1.165, 1.54) is 11.1 Å². The van der Waals surface area contributed by atoms with Crippen molar-refractivity contribution in [2.45, 2.75) is 32.4 Å². The van der Waals surface area contributed by atoms with Gasteiger partial charge in [-0.3, -0.25) is 9.47 Å². The van der Waals surface area contributed by atoms with Crippen molar-refractivity contribution < 1.29 is 0 Å². The minimum atomic E-state index is 0.183. The van der Waals surface area contributed by atoms with Gasteiger partial charge in [0, 0.05) is 49.3 Å². The number of nitrogen functional groups attached to an aromatic ring is 1. The summed E-state index contributed by atoms with van der Waals surface area (Å²) in [6.07, 6.45) is 5.30. The molecule has 3 N–H and O–H groups in total. The van der Waals surface area contributed by atoms with Gasteiger partial charge in [-0.1, -0.05) is 36.4 Å². The number of pyridine rings is 2. The Labute approximate surface area is 261 Å². The highest BCUT2D eigenvalue weighted by Gasteiger charge is 2.21. The smallest absolute Gasteiger partial charge is 0.234 e. The summed E-state index contributed by atoms with van der Waals surface area (Å²) in [4.78, 5) is 25.1. The van der Waals surface area contributed by atoms with Crippen LogP contribution in [-0.4, -0.2) is 53.5 Å². The van der Waals surface area contributed by atoms with E-state index in [1.54, 1.807) is 12.4 Å². The number of nitrogens with one attached hydrogen (secondary N) is 1. The summed E-state index contributed by atoms with van der Waals surface area (Å²) in [7, 11) is 0. The van der Waals surface area contributed by atoms with Crippen LogP contribution in [-0.2, 0) is 6.54 Å². The maximum absolute atomic E-state index is 9.08. The number of fused-ring (bicyclic) bond motifs is 1. The number of anilines is 2. The molecule has 1 saturated heterocycles. The van der Waals surface area contributed by atoms with Crippen LogP contribution < -0.4 is 11.1 Å². The second kappa shape index (κ2) is 12.1. The number of aryl methyl sites for hydroxylation is 1. The third-order valence-corrected chi connectivity index (χ3v) is 8.30. The summed E-state index contributed by atoms with van der Waals surface area (Å²) in [6, 6.07) is 28.9. The lowest BCUT2D eigenvalue weighted by Crippen LogP contribution is -2.38. The van der Waals surface area contributed by atoms with E-state index in [0.29, 0.717) is 23.5 Å². The van der Waals surface area contributed by atoms with Crippen molar-refractivity contribution in [1.29, 1.82) is 5.26 Å². The molecule has 1 aliphatic heterocycles. The largest absolute Gasteiger partial charge is 0.383 e. The molecule has 5 heterocycles. The minimum absolute atomic E-state index is 0.183. The van der Waals surface area contributed by atoms with Gasteiger partial charge in [0.15, 0.2) is 11.5 Å². The highest BCUT2D eigenvalue weighted by Crippen LogP contribution is 2.32. The van der Waals surface area contributed by atoms with E-state index in [-0.39, 0.29) is 5.82 Å². The van der Waals surface area contributed by atoms with Crippen LogP contribution in [0.2, 0.25) is 0 Å². The summed E-state index contributed by atoms with van der Waals surface area (Å²) < 4.78 is 2.08. The summed E-state index contributed by atoms with van der Waals surface area (Å²) in [5, 5.41) is 12.5. The first-order valence-corrected chi connectivity index (χ1v) is 15.0. The number of nitriles is 1. The molecule has 45 heavy (non-hydrogen) atoms. The van der Waals surface area contributed by atoms with E-state index in [1.807, 2.05) is 48.5 Å². The second-order valence-corrected chi connectivity index (χ2v) is 11.3. The van der Waals surface area contributed by atoms with Crippen LogP contribution in [0.15, 0.2) is 91.3 Å². The molecule has 0 aliphatic carbocycles. The van der Waals surface area contributed by atoms with Gasteiger partial charge >= 0.3 is 0 Å². The monoisotopic (exact) mass is 592 g/mol. The van der Waals surface area contributed by atoms with Crippen molar-refractivity contribution in [1.82, 2.24) is 34.4 Å². The van der Waals surface area contributed by atoms with Gasteiger partial charge in [0.1, 0.15) is 23.2 Å². The summed E-state index contributed by atoms with van der Waals surface area (Å²) in [6.45, 7) is 4.90. The van der Waals surface area contributed by atoms with Crippen molar-refractivity contribution in [3.05, 3.63) is 108 Å². The van der Waals surface area contributed by atoms with Crippen LogP contribution in [0.3, 0.4) is 0 Å². The second-order valence-electron chi connectivity index (χ2n) is 11.3. The Hall–Kier alpha value is -5.66. The van der Waals surface area contributed by atoms with Crippen LogP contribution in [0.1, 0.15) is 29.8 Å². The first kappa shape index (κ1) is 28.1. The van der Waals surface area contributed by atoms with Crippen LogP contribution in [0.5, 0.6) is 0 Å². The van der Waals surface area contributed by atoms with Gasteiger partial charge in [-0.05, 0) is 73.4 Å². The molecule has 0 radical (unpaired) electrons. The zero-order chi connectivity index (χ0) is 30.8. The first-order valence-electron chi connectivity index (χ1n) is 15.0. The Morgan fingerprint density at radius 3 is 2.44 bits per heavy atom. The average Bonchev–Trinajstić information content (AvgIpc) is 3.45. The average molecular weight is 593 g/mol. The maximum atomic E-state index is 9.08. The van der Waals surface area contributed by atoms with Crippen LogP contribution >= 0.6 is 0 Å². The third-order valence-electron chi connectivity index (χ3n) is 8.30. The highest BCUT2D eigenvalue weighted by atomic mass is 15.2. The van der Waals surface area contributed by atoms with E-state index in [0.717, 1.165) is 66.1 Å². The van der Waals surface area contributed by atoms with Gasteiger partial charge in [-0.2, -0.15) is 5.26 Å². The zero-order valence-electron chi connectivity index (χ0n) is 24.9. The van der Waals surface area contributed by atoms with Crippen molar-refractivity contribution in [3.63, 3.8) is 0 Å². The molecule has 0 amide bonds. The molecule has 0 atom stereocenters. The number of nitrogens with zero attached hydrogens (tertiary/aromatic N) is 8. The number of imidazole rings is 1. The Kier molecular flexibility index (Phi) is 7.59. The van der Waals surface area contributed by atoms with E-state index in [9.17, 15) is 0 Å². The standard InChI is InChI=1S/C35H32N10/c1-23-5-2-3-6-27(23)29-12-13-30-35(41-29)45(34(42-30)28-7-4-17-39-33(28)37)26-10-8-24(9-11-26)22-44-19-15-25(16-20-44)40-31-14-18-38-32(21-36)43-31/h2-14,17-18,25H,15-16,19-20,22H2,1H3,(H2,37,39)(H,38,40,43). The van der Waals surface area contributed by atoms with Gasteiger partial charge in [0.2, 0.25) is 5.82 Å². The fourth-order valence-corrected chi connectivity index (χ4v) is 5.95. The number of piperidine rings is 1. The molecule has 6 aromatic rings. The quantitative estimate of drug-likeness (QED) is 0.237. The molecule has 0 spiro atoms. The summed E-state index contributed by atoms with van der Waals surface area (Å²) >= 11 is 0. The Morgan fingerprint density at radius 1 is 0.867 bits per heavy atom. The van der Waals surface area contributed by atoms with E-state index in [4.69, 9.17) is 21.0 Å². The van der Waals surface area contributed by atoms with Gasteiger partial charge in [0.25, 0.3) is 0 Å². The molecular weight excluding hydrogens is 560 g/mol. The summed E-state index contributed by atoms with van der Waals surface area (Å²) in [5.74, 6) is 2.02. The number of likely N-dealkylation sites (tertiary alicyclic amines) is 1. The zero-order valence-corrected chi connectivity index (χ0v) is 24.9. The molecule has 0 saturated carbocycles. The molecule has 10 nitrogen and oxygen atoms in total. The van der Waals surface area contributed by atoms with Crippen molar-refractivity contribution in [2.24, 2.45) is 0 Å². The van der Waals surface area contributed by atoms with Crippen LogP contribution in [0.25, 0.3) is 39.5 Å². The lowest BCUT2D eigenvalue weighted by molar-refractivity contribution is 0.211. The molecule has 1 fully saturated rings. The third kappa shape index (κ3) is 5.81. The topological polar surface area (TPSA) is 134 Å². The predicted octanol–water partition coefficient (Wildman–Crippen LogP) is 5.78. The molecule has 2 aromatic carbocycles. The van der Waals surface area contributed by atoms with Crippen LogP contribution in [0.4, 0.5) is 11.6 Å². The predicted molar refractivity (Wildman–Crippen MR) is 175 cm³/mol. The SMILES string of the molecule is Cc1ccccc1-c1ccc2nc(-c3cccnc3N)n(-c3ccc(CN4CCC(Nc5ccnc(C#N)n5)CC4)cc3)c2n1. The van der Waals surface area contributed by atoms with Crippen LogP contribution in [0, 0.1) is 18.3 Å². The Bertz CT molecular complexity index is 2020. The van der Waals surface area contributed by atoms with Gasteiger partial charge in [-0.15, -0.1) is 0 Å². The molecule has 222 valence electrons. The number of rotatable bonds is 7. The van der Waals surface area contributed by atoms with Crippen molar-refractivity contribution in [2.75, 3.05) is 24.1 Å². The number of hydrogen-bond acceptors (Lipinski definition) is 9. The Balaban J connectivity index is 1.14. The molecule has 4 aromatic heterocycles. The molecule has 1 aliphatic rings. The maximum Gasteiger partial charge on any atom is 0.234 e. The number of aromatic nitrogens is 6. The fourth-order valence-electron chi connectivity index (χ4n) is 5.95. The number of nitrogens with two attached hydrogens (primary N) is 1. The van der Waals surface area contributed by atoms with E-state index < -0.39 is 0 Å². The number of hydrogen-bond donors (Lipinski definition) is 2.